The van der Waals surface area contributed by atoms with Gasteiger partial charge in [0.05, 0.1) is 12.2 Å². The van der Waals surface area contributed by atoms with Crippen molar-refractivity contribution >= 4 is 5.97 Å². The van der Waals surface area contributed by atoms with Crippen LogP contribution in [0.3, 0.4) is 0 Å². The van der Waals surface area contributed by atoms with E-state index in [1.807, 2.05) is 51.4 Å². The van der Waals surface area contributed by atoms with Gasteiger partial charge < -0.3 is 9.47 Å². The number of aryl methyl sites for hydroxylation is 1. The maximum Gasteiger partial charge on any atom is 0 e. The van der Waals surface area contributed by atoms with Crippen LogP contribution in [-0.2, 0) is 44.6 Å². The molecule has 146 valence electrons. The van der Waals surface area contributed by atoms with E-state index in [0.717, 1.165) is 5.56 Å². The molecular weight excluding hydrogens is 440 g/mol. The molecule has 0 N–H and O–H groups in total. The van der Waals surface area contributed by atoms with Crippen LogP contribution in [0.2, 0.25) is 0 Å². The molecule has 28 heavy (non-hydrogen) atoms. The Morgan fingerprint density at radius 3 is 1.93 bits per heavy atom. The Labute approximate surface area is 183 Å². The first-order chi connectivity index (χ1) is 13.1. The zero-order valence-electron chi connectivity index (χ0n) is 15.7. The third kappa shape index (κ3) is 13.1. The number of carbonyl (C=O) groups excluding carboxylic acids is 1. The molecule has 1 aliphatic carbocycles. The van der Waals surface area contributed by atoms with Crippen molar-refractivity contribution < 1.29 is 44.6 Å². The Hall–Kier alpha value is -1.18. The molecule has 0 amide bonds. The van der Waals surface area contributed by atoms with Gasteiger partial charge in [0.25, 0.3) is 0 Å². The topological polar surface area (TPSA) is 75.3 Å². The molecule has 8 radical (unpaired) electrons. The molecule has 2 atom stereocenters. The van der Waals surface area contributed by atoms with Crippen molar-refractivity contribution in [2.75, 3.05) is 6.61 Å². The zero-order chi connectivity index (χ0) is 20.5. The van der Waals surface area contributed by atoms with Crippen molar-refractivity contribution in [2.24, 2.45) is 0 Å². The SMILES string of the molecule is CC(=O)OC[C@@H]1[CH][CH][CH][C@H](c2ccc(C)cc2)O1.[C-]#[O+].[C-]#[O+].[CH]1[CH][CH][CH][CH]1.[Mo]. The molecule has 0 aromatic heterocycles. The smallest absolute Gasteiger partial charge is 0 e. The van der Waals surface area contributed by atoms with Crippen LogP contribution >= 0.6 is 0 Å². The van der Waals surface area contributed by atoms with Crippen LogP contribution in [0.1, 0.15) is 24.2 Å². The van der Waals surface area contributed by atoms with Gasteiger partial charge in [-0.25, -0.2) is 0 Å². The van der Waals surface area contributed by atoms with Gasteiger partial charge in [-0.15, -0.1) is 0 Å². The van der Waals surface area contributed by atoms with Crippen molar-refractivity contribution in [1.29, 1.82) is 0 Å². The largest absolute Gasteiger partial charge is 0.0312 e. The van der Waals surface area contributed by atoms with Crippen LogP contribution in [-0.4, -0.2) is 18.7 Å². The third-order valence-corrected chi connectivity index (χ3v) is 3.35. The molecule has 1 saturated carbocycles. The Morgan fingerprint density at radius 1 is 0.964 bits per heavy atom. The predicted octanol–water partition coefficient (Wildman–Crippen LogP) is 3.55. The van der Waals surface area contributed by atoms with E-state index in [0.29, 0.717) is 0 Å². The second-order valence-electron chi connectivity index (χ2n) is 5.35. The van der Waals surface area contributed by atoms with Crippen molar-refractivity contribution in [2.45, 2.75) is 26.1 Å². The van der Waals surface area contributed by atoms with Gasteiger partial charge in [-0.1, -0.05) is 29.8 Å². The van der Waals surface area contributed by atoms with Crippen LogP contribution in [0.4, 0.5) is 0 Å². The first-order valence-electron chi connectivity index (χ1n) is 8.09. The fraction of sp³-hybridized carbons (Fsp3) is 0.227. The second kappa shape index (κ2) is 19.1. The molecule has 2 fully saturated rings. The zero-order valence-corrected chi connectivity index (χ0v) is 17.7. The maximum absolute atomic E-state index is 10.8. The number of hydrogen-bond acceptors (Lipinski definition) is 3. The minimum atomic E-state index is -0.284. The molecule has 1 aromatic rings. The number of benzene rings is 1. The normalized spacial score (nSPS) is 19.6. The van der Waals surface area contributed by atoms with E-state index in [1.165, 1.54) is 12.5 Å². The summed E-state index contributed by atoms with van der Waals surface area (Å²) in [6.45, 7) is 12.7. The van der Waals surface area contributed by atoms with Crippen LogP contribution < -0.4 is 0 Å². The van der Waals surface area contributed by atoms with Gasteiger partial charge in [-0.05, 0) is 63.9 Å². The Bertz CT molecular complexity index is 535. The average molecular weight is 462 g/mol. The van der Waals surface area contributed by atoms with Crippen LogP contribution in [0.25, 0.3) is 0 Å². The Balaban J connectivity index is 0. The van der Waals surface area contributed by atoms with Crippen LogP contribution in [0.5, 0.6) is 0 Å². The summed E-state index contributed by atoms with van der Waals surface area (Å²) in [4.78, 5) is 10.8. The molecule has 1 heterocycles. The monoisotopic (exact) mass is 464 g/mol. The van der Waals surface area contributed by atoms with Gasteiger partial charge in [0.15, 0.2) is 0 Å². The number of hydrogen-bond donors (Lipinski definition) is 0. The molecule has 0 spiro atoms. The van der Waals surface area contributed by atoms with E-state index < -0.39 is 0 Å². The average Bonchev–Trinajstić information content (AvgIpc) is 3.30. The molecule has 1 aromatic carbocycles. The summed E-state index contributed by atoms with van der Waals surface area (Å²) in [5.41, 5.74) is 2.33. The maximum atomic E-state index is 10.8. The third-order valence-electron chi connectivity index (χ3n) is 3.35. The van der Waals surface area contributed by atoms with Crippen molar-refractivity contribution in [3.05, 3.63) is 100 Å². The number of esters is 1. The molecular formula is C22H22MoO5. The summed E-state index contributed by atoms with van der Waals surface area (Å²) in [6.07, 6.45) is 15.6. The number of ether oxygens (including phenoxy) is 2. The summed E-state index contributed by atoms with van der Waals surface area (Å²) in [7, 11) is 0. The van der Waals surface area contributed by atoms with E-state index in [4.69, 9.17) is 18.8 Å². The van der Waals surface area contributed by atoms with Gasteiger partial charge in [0, 0.05) is 28.0 Å². The fourth-order valence-corrected chi connectivity index (χ4v) is 2.13. The minimum Gasteiger partial charge on any atom is -0.0312 e. The summed E-state index contributed by atoms with van der Waals surface area (Å²) in [5, 5.41) is 0. The molecule has 0 unspecified atom stereocenters. The van der Waals surface area contributed by atoms with E-state index in [2.05, 4.69) is 44.5 Å². The Kier molecular flexibility index (Phi) is 19.8. The quantitative estimate of drug-likeness (QED) is 0.299. The first-order valence-corrected chi connectivity index (χ1v) is 8.09. The van der Waals surface area contributed by atoms with Crippen molar-refractivity contribution in [1.82, 2.24) is 0 Å². The van der Waals surface area contributed by atoms with Gasteiger partial charge in [-0.2, -0.15) is 0 Å². The molecule has 5 nitrogen and oxygen atoms in total. The van der Waals surface area contributed by atoms with Gasteiger partial charge >= 0.3 is 28.6 Å². The number of rotatable bonds is 3. The summed E-state index contributed by atoms with van der Waals surface area (Å²) < 4.78 is 25.8. The molecule has 3 rings (SSSR count). The van der Waals surface area contributed by atoms with E-state index >= 15 is 0 Å². The molecule has 0 bridgehead atoms. The summed E-state index contributed by atoms with van der Waals surface area (Å²) in [5.74, 6) is -0.284. The van der Waals surface area contributed by atoms with Gasteiger partial charge in [-0.3, -0.25) is 4.79 Å². The van der Waals surface area contributed by atoms with Crippen LogP contribution in [0.15, 0.2) is 24.3 Å². The minimum absolute atomic E-state index is 0. The summed E-state index contributed by atoms with van der Waals surface area (Å²) in [6, 6.07) is 8.23. The standard InChI is InChI=1S/C15H17O3.C5H5.2CO.Mo/c1-11-6-8-13(9-7-11)15-5-3-4-14(18-15)10-17-12(2)16;1-2-4-5-3-1;2*1-2;/h3-9,14-15H,10H2,1-2H3;1-5H;;;/t14-,15+;;;;/m0..../s1. The van der Waals surface area contributed by atoms with Crippen molar-refractivity contribution in [3.63, 3.8) is 0 Å². The van der Waals surface area contributed by atoms with E-state index in [1.54, 1.807) is 0 Å². The van der Waals surface area contributed by atoms with Gasteiger partial charge in [0.2, 0.25) is 0 Å². The summed E-state index contributed by atoms with van der Waals surface area (Å²) >= 11 is 0. The van der Waals surface area contributed by atoms with Crippen LogP contribution in [0, 0.1) is 71.6 Å². The molecule has 1 saturated heterocycles. The van der Waals surface area contributed by atoms with Crippen molar-refractivity contribution in [3.8, 4) is 0 Å². The Morgan fingerprint density at radius 2 is 1.46 bits per heavy atom. The molecule has 2 aliphatic rings. The number of carbonyl (C=O) groups is 1. The second-order valence-corrected chi connectivity index (χ2v) is 5.35. The first kappa shape index (κ1) is 29.0. The van der Waals surface area contributed by atoms with E-state index in [-0.39, 0.29) is 45.8 Å². The molecule has 1 aliphatic heterocycles. The van der Waals surface area contributed by atoms with E-state index in [9.17, 15) is 4.79 Å². The predicted molar refractivity (Wildman–Crippen MR) is 97.7 cm³/mol. The fourth-order valence-electron chi connectivity index (χ4n) is 2.13. The van der Waals surface area contributed by atoms with Gasteiger partial charge in [0.1, 0.15) is 6.61 Å². The molecule has 6 heteroatoms.